The number of halogens is 16. The van der Waals surface area contributed by atoms with Crippen LogP contribution in [0.3, 0.4) is 0 Å². The molecule has 0 fully saturated rings. The van der Waals surface area contributed by atoms with Crippen molar-refractivity contribution < 1.29 is 96.2 Å². The van der Waals surface area contributed by atoms with Crippen molar-refractivity contribution in [2.75, 3.05) is 0 Å². The molecule has 2 N–H and O–H groups in total. The lowest BCUT2D eigenvalue weighted by atomic mass is 9.91. The Morgan fingerprint density at radius 1 is 0.344 bits per heavy atom. The molecule has 0 aromatic carbocycles. The first-order valence-electron chi connectivity index (χ1n) is 6.21. The monoisotopic (exact) mass is 562 g/mol. The maximum absolute atomic E-state index is 13.2. The van der Waals surface area contributed by atoms with Gasteiger partial charge < -0.3 is 0 Å². The fourth-order valence-electron chi connectivity index (χ4n) is 1.48. The molecule has 0 aliphatic carbocycles. The summed E-state index contributed by atoms with van der Waals surface area (Å²) in [6.45, 7) is 0. The Kier molecular flexibility index (Phi) is 6.81. The van der Waals surface area contributed by atoms with E-state index in [9.17, 15) is 87.1 Å². The molecule has 6 nitrogen and oxygen atoms in total. The molecule has 0 heterocycles. The van der Waals surface area contributed by atoms with Gasteiger partial charge in [0.25, 0.3) is 0 Å². The summed E-state index contributed by atoms with van der Waals surface area (Å²) in [4.78, 5) is 0. The van der Waals surface area contributed by atoms with E-state index in [1.807, 2.05) is 0 Å². The minimum atomic E-state index is -9.03. The van der Waals surface area contributed by atoms with Gasteiger partial charge in [-0.05, 0) is 0 Å². The molecule has 0 unspecified atom stereocenters. The van der Waals surface area contributed by atoms with Gasteiger partial charge >= 0.3 is 66.3 Å². The van der Waals surface area contributed by atoms with Crippen molar-refractivity contribution in [3.05, 3.63) is 0 Å². The van der Waals surface area contributed by atoms with E-state index >= 15 is 0 Å². The highest BCUT2D eigenvalue weighted by molar-refractivity contribution is 7.87. The highest BCUT2D eigenvalue weighted by Crippen LogP contribution is 2.64. The summed E-state index contributed by atoms with van der Waals surface area (Å²) in [6.07, 6.45) is 0. The predicted molar refractivity (Wildman–Crippen MR) is 62.7 cm³/mol. The smallest absolute Gasteiger partial charge is 0.281 e. The van der Waals surface area contributed by atoms with Crippen molar-refractivity contribution >= 4 is 20.2 Å². The first-order valence-corrected chi connectivity index (χ1v) is 9.09. The average molecular weight is 562 g/mol. The van der Waals surface area contributed by atoms with Gasteiger partial charge in [-0.25, -0.2) is 0 Å². The van der Waals surface area contributed by atoms with Crippen molar-refractivity contribution in [1.82, 2.24) is 0 Å². The van der Waals surface area contributed by atoms with E-state index in [2.05, 4.69) is 0 Å². The Bertz CT molecular complexity index is 873. The molecule has 0 saturated heterocycles. The van der Waals surface area contributed by atoms with Gasteiger partial charge in [-0.3, -0.25) is 9.11 Å². The largest absolute Gasteiger partial charge is 0.438 e. The van der Waals surface area contributed by atoms with E-state index in [0.29, 0.717) is 0 Å². The van der Waals surface area contributed by atoms with E-state index in [0.717, 1.165) is 0 Å². The van der Waals surface area contributed by atoms with Gasteiger partial charge in [0.2, 0.25) is 0 Å². The number of hydrogen-bond acceptors (Lipinski definition) is 4. The first kappa shape index (κ1) is 30.7. The van der Waals surface area contributed by atoms with E-state index in [4.69, 9.17) is 9.11 Å². The van der Waals surface area contributed by atoms with Crippen molar-refractivity contribution in [3.8, 4) is 0 Å². The topological polar surface area (TPSA) is 109 Å². The number of rotatable bonds is 9. The Hall–Kier alpha value is -1.30. The summed E-state index contributed by atoms with van der Waals surface area (Å²) in [6, 6.07) is 0. The Morgan fingerprint density at radius 2 is 0.469 bits per heavy atom. The van der Waals surface area contributed by atoms with Crippen LogP contribution in [0.4, 0.5) is 70.2 Å². The zero-order valence-electron chi connectivity index (χ0n) is 13.4. The minimum absolute atomic E-state index is 7.71. The Labute approximate surface area is 163 Å². The molecule has 194 valence electrons. The molecule has 32 heavy (non-hydrogen) atoms. The predicted octanol–water partition coefficient (Wildman–Crippen LogP) is 3.76. The Balaban J connectivity index is 7.13. The maximum atomic E-state index is 13.2. The van der Waals surface area contributed by atoms with Gasteiger partial charge in [0, 0.05) is 0 Å². The van der Waals surface area contributed by atoms with Gasteiger partial charge in [0.05, 0.1) is 0 Å². The molecule has 0 bridgehead atoms. The van der Waals surface area contributed by atoms with Gasteiger partial charge in [-0.15, -0.1) is 0 Å². The fourth-order valence-corrected chi connectivity index (χ4v) is 2.38. The summed E-state index contributed by atoms with van der Waals surface area (Å²) in [5, 5.41) is -15.8. The molecule has 0 aliphatic heterocycles. The van der Waals surface area contributed by atoms with Crippen LogP contribution in [-0.4, -0.2) is 72.0 Å². The molecule has 24 heteroatoms. The zero-order valence-corrected chi connectivity index (χ0v) is 15.0. The third kappa shape index (κ3) is 3.47. The molecular formula is C8H2F16O6S2. The van der Waals surface area contributed by atoms with Crippen molar-refractivity contribution in [2.45, 2.75) is 46.0 Å². The zero-order chi connectivity index (χ0) is 27.0. The molecule has 0 aromatic heterocycles. The van der Waals surface area contributed by atoms with Gasteiger partial charge in [-0.2, -0.15) is 87.1 Å². The van der Waals surface area contributed by atoms with Crippen LogP contribution in [-0.2, 0) is 20.2 Å². The molecule has 0 atom stereocenters. The van der Waals surface area contributed by atoms with Crippen LogP contribution in [0, 0.1) is 0 Å². The second kappa shape index (κ2) is 7.10. The third-order valence-electron chi connectivity index (χ3n) is 3.35. The lowest BCUT2D eigenvalue weighted by molar-refractivity contribution is -0.444. The van der Waals surface area contributed by atoms with Crippen LogP contribution in [0.1, 0.15) is 0 Å². The first-order chi connectivity index (χ1) is 13.2. The van der Waals surface area contributed by atoms with E-state index in [1.165, 1.54) is 0 Å². The average Bonchev–Trinajstić information content (AvgIpc) is 2.51. The molecule has 0 radical (unpaired) electrons. The van der Waals surface area contributed by atoms with Crippen LogP contribution in [0.25, 0.3) is 0 Å². The van der Waals surface area contributed by atoms with Crippen molar-refractivity contribution in [3.63, 3.8) is 0 Å². The molecule has 0 amide bonds. The Morgan fingerprint density at radius 3 is 0.594 bits per heavy atom. The molecular weight excluding hydrogens is 560 g/mol. The van der Waals surface area contributed by atoms with Crippen LogP contribution in [0.2, 0.25) is 0 Å². The van der Waals surface area contributed by atoms with Crippen molar-refractivity contribution in [2.24, 2.45) is 0 Å². The third-order valence-corrected chi connectivity index (χ3v) is 5.16. The highest BCUT2D eigenvalue weighted by Gasteiger charge is 2.96. The fraction of sp³-hybridized carbons (Fsp3) is 1.00. The minimum Gasteiger partial charge on any atom is -0.281 e. The molecule has 0 aromatic rings. The van der Waals surface area contributed by atoms with E-state index in [-0.39, 0.29) is 0 Å². The summed E-state index contributed by atoms with van der Waals surface area (Å²) in [7, 11) is -15.9. The highest BCUT2D eigenvalue weighted by atomic mass is 32.2. The molecule has 0 aliphatic rings. The lowest BCUT2D eigenvalue weighted by Gasteiger charge is -2.42. The van der Waals surface area contributed by atoms with Gasteiger partial charge in [0.1, 0.15) is 0 Å². The van der Waals surface area contributed by atoms with E-state index < -0.39 is 66.3 Å². The molecule has 0 rings (SSSR count). The van der Waals surface area contributed by atoms with Crippen LogP contribution in [0.15, 0.2) is 0 Å². The number of alkyl halides is 16. The maximum Gasteiger partial charge on any atom is 0.438 e. The quantitative estimate of drug-likeness (QED) is 0.328. The van der Waals surface area contributed by atoms with Crippen LogP contribution in [0.5, 0.6) is 0 Å². The van der Waals surface area contributed by atoms with Crippen molar-refractivity contribution in [1.29, 1.82) is 0 Å². The van der Waals surface area contributed by atoms with Gasteiger partial charge in [-0.1, -0.05) is 0 Å². The van der Waals surface area contributed by atoms with E-state index in [1.54, 1.807) is 0 Å². The lowest BCUT2D eigenvalue weighted by Crippen LogP contribution is -2.75. The van der Waals surface area contributed by atoms with Crippen LogP contribution >= 0.6 is 0 Å². The summed E-state index contributed by atoms with van der Waals surface area (Å²) >= 11 is 0. The molecule has 0 spiro atoms. The normalized spacial score (nSPS) is 16.9. The summed E-state index contributed by atoms with van der Waals surface area (Å²) in [5.41, 5.74) is 0. The number of hydrogen-bond donors (Lipinski definition) is 2. The van der Waals surface area contributed by atoms with Gasteiger partial charge in [0.15, 0.2) is 0 Å². The van der Waals surface area contributed by atoms with Crippen LogP contribution < -0.4 is 0 Å². The molecule has 0 saturated carbocycles. The standard InChI is InChI=1S/C8H2F16O6S2/c9-1(10,3(13,14)5(17,18)7(21,22)31(25,26)27)2(11,12)4(15,16)6(19,20)8(23,24)32(28,29)30/h(H,25,26,27)(H,28,29,30). The second-order valence-electron chi connectivity index (χ2n) is 5.43. The second-order valence-corrected chi connectivity index (χ2v) is 8.36. The summed E-state index contributed by atoms with van der Waals surface area (Å²) in [5.74, 6) is -52.9. The SMILES string of the molecule is O=S(=O)(O)C(F)(F)C(F)(F)C(F)(F)C(F)(F)C(F)(F)C(F)(F)C(F)(F)C(F)(F)S(=O)(=O)O. The summed E-state index contributed by atoms with van der Waals surface area (Å²) < 4.78 is 265.